The summed E-state index contributed by atoms with van der Waals surface area (Å²) in [6.45, 7) is 3.68. The highest BCUT2D eigenvalue weighted by Gasteiger charge is 2.54. The van der Waals surface area contributed by atoms with Crippen molar-refractivity contribution in [3.63, 3.8) is 0 Å². The standard InChI is InChI=1S/C21H22ClFN2O3/c1-3-16(25-12(2)21(8-9-21)20(27)28)14-6-7-15(22)17(18(14)23)19(26)13-5-4-10-24-11-13/h4-7,10-12,16,25H,3,8-9H2,1-2H3,(H,27,28)/t12?,16-/m1/s1. The zero-order valence-electron chi connectivity index (χ0n) is 15.7. The van der Waals surface area contributed by atoms with E-state index in [0.717, 1.165) is 0 Å². The zero-order chi connectivity index (χ0) is 20.5. The third-order valence-electron chi connectivity index (χ3n) is 5.55. The van der Waals surface area contributed by atoms with Crippen LogP contribution < -0.4 is 5.32 Å². The number of carbonyl (C=O) groups is 2. The first-order valence-electron chi connectivity index (χ1n) is 9.24. The van der Waals surface area contributed by atoms with Gasteiger partial charge >= 0.3 is 5.97 Å². The Morgan fingerprint density at radius 2 is 2.07 bits per heavy atom. The first-order valence-corrected chi connectivity index (χ1v) is 9.61. The molecule has 148 valence electrons. The quantitative estimate of drug-likeness (QED) is 0.637. The lowest BCUT2D eigenvalue weighted by Gasteiger charge is -2.27. The van der Waals surface area contributed by atoms with Crippen LogP contribution in [0, 0.1) is 11.2 Å². The maximum atomic E-state index is 15.3. The van der Waals surface area contributed by atoms with Gasteiger partial charge in [-0.3, -0.25) is 14.6 Å². The summed E-state index contributed by atoms with van der Waals surface area (Å²) in [4.78, 5) is 28.2. The van der Waals surface area contributed by atoms with Gasteiger partial charge in [0.05, 0.1) is 16.0 Å². The molecule has 0 aliphatic heterocycles. The van der Waals surface area contributed by atoms with Crippen molar-refractivity contribution in [2.45, 2.75) is 45.2 Å². The smallest absolute Gasteiger partial charge is 0.311 e. The molecule has 0 amide bonds. The lowest BCUT2D eigenvalue weighted by atomic mass is 9.93. The van der Waals surface area contributed by atoms with Crippen molar-refractivity contribution in [3.05, 3.63) is 64.2 Å². The fraction of sp³-hybridized carbons (Fsp3) is 0.381. The highest BCUT2D eigenvalue weighted by molar-refractivity contribution is 6.35. The Balaban J connectivity index is 1.93. The molecule has 1 fully saturated rings. The largest absolute Gasteiger partial charge is 0.481 e. The molecular formula is C21H22ClFN2O3. The predicted octanol–water partition coefficient (Wildman–Crippen LogP) is 4.40. The van der Waals surface area contributed by atoms with E-state index in [1.807, 2.05) is 6.92 Å². The van der Waals surface area contributed by atoms with Gasteiger partial charge in [0.2, 0.25) is 0 Å². The van der Waals surface area contributed by atoms with Crippen molar-refractivity contribution in [2.75, 3.05) is 0 Å². The first kappa shape index (κ1) is 20.4. The summed E-state index contributed by atoms with van der Waals surface area (Å²) in [6.07, 6.45) is 4.62. The summed E-state index contributed by atoms with van der Waals surface area (Å²) in [5.74, 6) is -2.07. The third-order valence-corrected chi connectivity index (χ3v) is 5.87. The van der Waals surface area contributed by atoms with Gasteiger partial charge in [0, 0.05) is 35.6 Å². The van der Waals surface area contributed by atoms with Gasteiger partial charge in [-0.15, -0.1) is 0 Å². The highest BCUT2D eigenvalue weighted by Crippen LogP contribution is 2.49. The zero-order valence-corrected chi connectivity index (χ0v) is 16.5. The fourth-order valence-corrected chi connectivity index (χ4v) is 3.77. The number of aromatic nitrogens is 1. The minimum absolute atomic E-state index is 0.0298. The lowest BCUT2D eigenvalue weighted by molar-refractivity contribution is -0.144. The molecule has 1 heterocycles. The molecule has 0 radical (unpaired) electrons. The van der Waals surface area contributed by atoms with Crippen LogP contribution in [0.2, 0.25) is 5.02 Å². The Labute approximate surface area is 167 Å². The summed E-state index contributed by atoms with van der Waals surface area (Å²) in [6, 6.07) is 5.43. The monoisotopic (exact) mass is 404 g/mol. The predicted molar refractivity (Wildman–Crippen MR) is 104 cm³/mol. The van der Waals surface area contributed by atoms with Gasteiger partial charge < -0.3 is 10.4 Å². The summed E-state index contributed by atoms with van der Waals surface area (Å²) in [7, 11) is 0. The third kappa shape index (κ3) is 3.66. The Morgan fingerprint density at radius 3 is 2.61 bits per heavy atom. The van der Waals surface area contributed by atoms with Gasteiger partial charge in [-0.25, -0.2) is 4.39 Å². The second-order valence-electron chi connectivity index (χ2n) is 7.21. The van der Waals surface area contributed by atoms with Crippen LogP contribution >= 0.6 is 11.6 Å². The van der Waals surface area contributed by atoms with Crippen LogP contribution in [0.5, 0.6) is 0 Å². The van der Waals surface area contributed by atoms with Crippen molar-refractivity contribution in [1.82, 2.24) is 10.3 Å². The second kappa shape index (κ2) is 7.97. The van der Waals surface area contributed by atoms with Crippen molar-refractivity contribution >= 4 is 23.4 Å². The molecule has 0 saturated heterocycles. The molecule has 2 atom stereocenters. The number of ketones is 1. The van der Waals surface area contributed by atoms with Crippen LogP contribution in [0.1, 0.15) is 60.6 Å². The van der Waals surface area contributed by atoms with E-state index in [9.17, 15) is 14.7 Å². The van der Waals surface area contributed by atoms with E-state index >= 15 is 4.39 Å². The average Bonchev–Trinajstić information content (AvgIpc) is 3.49. The average molecular weight is 405 g/mol. The summed E-state index contributed by atoms with van der Waals surface area (Å²) in [5.41, 5.74) is -0.450. The molecule has 1 unspecified atom stereocenters. The van der Waals surface area contributed by atoms with Crippen LogP contribution in [0.25, 0.3) is 0 Å². The second-order valence-corrected chi connectivity index (χ2v) is 7.61. The lowest BCUT2D eigenvalue weighted by Crippen LogP contribution is -2.41. The van der Waals surface area contributed by atoms with Gasteiger partial charge in [-0.05, 0) is 44.4 Å². The number of halogens is 2. The maximum Gasteiger partial charge on any atom is 0.311 e. The molecule has 1 aliphatic rings. The van der Waals surface area contributed by atoms with Gasteiger partial charge in [-0.1, -0.05) is 24.6 Å². The van der Waals surface area contributed by atoms with E-state index in [2.05, 4.69) is 10.3 Å². The molecule has 1 aliphatic carbocycles. The molecule has 2 aromatic rings. The number of pyridine rings is 1. The number of carbonyl (C=O) groups excluding carboxylic acids is 1. The van der Waals surface area contributed by atoms with Crippen LogP contribution in [-0.4, -0.2) is 27.9 Å². The van der Waals surface area contributed by atoms with Crippen LogP contribution in [0.3, 0.4) is 0 Å². The van der Waals surface area contributed by atoms with E-state index in [0.29, 0.717) is 24.8 Å². The van der Waals surface area contributed by atoms with Crippen molar-refractivity contribution in [1.29, 1.82) is 0 Å². The Morgan fingerprint density at radius 1 is 1.36 bits per heavy atom. The van der Waals surface area contributed by atoms with E-state index in [-0.39, 0.29) is 22.2 Å². The van der Waals surface area contributed by atoms with Gasteiger partial charge in [-0.2, -0.15) is 0 Å². The normalized spacial score (nSPS) is 17.0. The van der Waals surface area contributed by atoms with Gasteiger partial charge in [0.15, 0.2) is 5.78 Å². The summed E-state index contributed by atoms with van der Waals surface area (Å²) in [5, 5.41) is 12.8. The van der Waals surface area contributed by atoms with E-state index in [1.165, 1.54) is 18.5 Å². The molecule has 1 saturated carbocycles. The van der Waals surface area contributed by atoms with Gasteiger partial charge in [0.25, 0.3) is 0 Å². The topological polar surface area (TPSA) is 79.3 Å². The molecule has 3 rings (SSSR count). The molecule has 5 nitrogen and oxygen atoms in total. The van der Waals surface area contributed by atoms with Crippen LogP contribution in [0.4, 0.5) is 4.39 Å². The molecule has 7 heteroatoms. The minimum Gasteiger partial charge on any atom is -0.481 e. The van der Waals surface area contributed by atoms with E-state index in [4.69, 9.17) is 11.6 Å². The molecule has 0 spiro atoms. The number of carboxylic acids is 1. The number of rotatable bonds is 8. The first-order chi connectivity index (χ1) is 13.3. The number of nitrogens with zero attached hydrogens (tertiary/aromatic N) is 1. The molecule has 0 bridgehead atoms. The van der Waals surface area contributed by atoms with E-state index < -0.39 is 29.0 Å². The highest BCUT2D eigenvalue weighted by atomic mass is 35.5. The number of carboxylic acid groups (broad SMARTS) is 1. The Bertz CT molecular complexity index is 900. The Hall–Kier alpha value is -2.31. The molecule has 1 aromatic carbocycles. The number of benzene rings is 1. The Kier molecular flexibility index (Phi) is 5.82. The number of hydrogen-bond acceptors (Lipinski definition) is 4. The fourth-order valence-electron chi connectivity index (χ4n) is 3.54. The van der Waals surface area contributed by atoms with Crippen molar-refractivity contribution in [3.8, 4) is 0 Å². The summed E-state index contributed by atoms with van der Waals surface area (Å²) >= 11 is 6.14. The number of aliphatic carboxylic acids is 1. The van der Waals surface area contributed by atoms with Crippen LogP contribution in [0.15, 0.2) is 36.7 Å². The number of nitrogens with one attached hydrogen (secondary N) is 1. The van der Waals surface area contributed by atoms with Crippen LogP contribution in [-0.2, 0) is 4.79 Å². The molecule has 1 aromatic heterocycles. The minimum atomic E-state index is -0.841. The number of hydrogen-bond donors (Lipinski definition) is 2. The van der Waals surface area contributed by atoms with Crippen molar-refractivity contribution < 1.29 is 19.1 Å². The van der Waals surface area contributed by atoms with E-state index in [1.54, 1.807) is 25.1 Å². The summed E-state index contributed by atoms with van der Waals surface area (Å²) < 4.78 is 15.3. The SMILES string of the molecule is CC[C@@H](NC(C)C1(C(=O)O)CC1)c1ccc(Cl)c(C(=O)c2cccnc2)c1F. The van der Waals surface area contributed by atoms with Crippen molar-refractivity contribution in [2.24, 2.45) is 5.41 Å². The maximum absolute atomic E-state index is 15.3. The molecule has 2 N–H and O–H groups in total. The molecule has 28 heavy (non-hydrogen) atoms. The molecular weight excluding hydrogens is 383 g/mol. The van der Waals surface area contributed by atoms with Gasteiger partial charge in [0.1, 0.15) is 5.82 Å².